The number of rotatable bonds is 11. The molecule has 6 nitrogen and oxygen atoms in total. The fourth-order valence-corrected chi connectivity index (χ4v) is 3.56. The maximum absolute atomic E-state index is 12.0. The molecule has 0 atom stereocenters. The van der Waals surface area contributed by atoms with Crippen LogP contribution in [0.15, 0.2) is 17.2 Å². The topological polar surface area (TPSA) is 69.2 Å². The number of ether oxygens (including phenoxy) is 2. The second-order valence-corrected chi connectivity index (χ2v) is 7.90. The standard InChI is InChI=1S/C19H24ClF3N4O2S.ClH/c1-12-15(10-25-18-17(20)13(2)26-14(3)27-18)24-5-4-16(12)30-9-8-28-6-7-29-11-19(21,22)23;/h4-5H,6-11H2,1-3H3,(H,25,26,27);1H. The number of hydrogen-bond acceptors (Lipinski definition) is 7. The van der Waals surface area contributed by atoms with Gasteiger partial charge in [-0.15, -0.1) is 24.2 Å². The Morgan fingerprint density at radius 3 is 2.52 bits per heavy atom. The molecular formula is C19H25Cl2F3N4O2S. The number of halogens is 5. The van der Waals surface area contributed by atoms with E-state index in [0.717, 1.165) is 16.2 Å². The van der Waals surface area contributed by atoms with Gasteiger partial charge in [0.05, 0.1) is 37.8 Å². The summed E-state index contributed by atoms with van der Waals surface area (Å²) in [5, 5.41) is 3.70. The number of pyridine rings is 1. The van der Waals surface area contributed by atoms with Crippen molar-refractivity contribution in [2.24, 2.45) is 0 Å². The highest BCUT2D eigenvalue weighted by atomic mass is 35.5. The zero-order valence-electron chi connectivity index (χ0n) is 17.4. The zero-order chi connectivity index (χ0) is 22.1. The molecule has 12 heteroatoms. The van der Waals surface area contributed by atoms with Crippen LogP contribution in [0.2, 0.25) is 5.02 Å². The molecule has 174 valence electrons. The third kappa shape index (κ3) is 9.78. The van der Waals surface area contributed by atoms with Crippen molar-refractivity contribution in [1.82, 2.24) is 15.0 Å². The molecule has 0 fully saturated rings. The van der Waals surface area contributed by atoms with Crippen molar-refractivity contribution >= 4 is 41.6 Å². The maximum atomic E-state index is 12.0. The molecule has 0 radical (unpaired) electrons. The van der Waals surface area contributed by atoms with Gasteiger partial charge in [0.2, 0.25) is 0 Å². The van der Waals surface area contributed by atoms with Crippen LogP contribution in [0.4, 0.5) is 19.0 Å². The Morgan fingerprint density at radius 1 is 1.10 bits per heavy atom. The number of nitrogens with zero attached hydrogens (tertiary/aromatic N) is 3. The minimum Gasteiger partial charge on any atom is -0.378 e. The molecule has 2 aromatic rings. The predicted octanol–water partition coefficient (Wildman–Crippen LogP) is 5.17. The Hall–Kier alpha value is -1.33. The van der Waals surface area contributed by atoms with Crippen LogP contribution in [0.1, 0.15) is 22.8 Å². The molecule has 0 aliphatic rings. The summed E-state index contributed by atoms with van der Waals surface area (Å²) in [6.07, 6.45) is -2.58. The van der Waals surface area contributed by atoms with E-state index in [-0.39, 0.29) is 25.6 Å². The average molecular weight is 501 g/mol. The predicted molar refractivity (Wildman–Crippen MR) is 118 cm³/mol. The van der Waals surface area contributed by atoms with Crippen LogP contribution in [-0.4, -0.2) is 53.3 Å². The second kappa shape index (κ2) is 13.3. The van der Waals surface area contributed by atoms with Crippen LogP contribution in [0, 0.1) is 20.8 Å². The van der Waals surface area contributed by atoms with Gasteiger partial charge in [0, 0.05) is 16.8 Å². The van der Waals surface area contributed by atoms with Crippen LogP contribution in [-0.2, 0) is 16.0 Å². The number of alkyl halides is 3. The summed E-state index contributed by atoms with van der Waals surface area (Å²) in [5.41, 5.74) is 2.61. The van der Waals surface area contributed by atoms with Crippen molar-refractivity contribution in [3.63, 3.8) is 0 Å². The van der Waals surface area contributed by atoms with Gasteiger partial charge in [-0.2, -0.15) is 13.2 Å². The van der Waals surface area contributed by atoms with Gasteiger partial charge in [-0.25, -0.2) is 9.97 Å². The van der Waals surface area contributed by atoms with E-state index in [9.17, 15) is 13.2 Å². The van der Waals surface area contributed by atoms with Crippen LogP contribution >= 0.6 is 35.8 Å². The van der Waals surface area contributed by atoms with Crippen LogP contribution < -0.4 is 5.32 Å². The highest BCUT2D eigenvalue weighted by Crippen LogP contribution is 2.26. The van der Waals surface area contributed by atoms with E-state index in [1.807, 2.05) is 19.9 Å². The zero-order valence-corrected chi connectivity index (χ0v) is 19.8. The van der Waals surface area contributed by atoms with Gasteiger partial charge in [-0.3, -0.25) is 4.98 Å². The molecule has 2 aromatic heterocycles. The highest BCUT2D eigenvalue weighted by molar-refractivity contribution is 7.99. The van der Waals surface area contributed by atoms with E-state index >= 15 is 0 Å². The first-order valence-corrected chi connectivity index (χ1v) is 10.6. The molecule has 0 saturated heterocycles. The van der Waals surface area contributed by atoms with Gasteiger partial charge in [-0.1, -0.05) is 11.6 Å². The molecule has 1 N–H and O–H groups in total. The Bertz CT molecular complexity index is 845. The smallest absolute Gasteiger partial charge is 0.378 e. The van der Waals surface area contributed by atoms with Gasteiger partial charge < -0.3 is 14.8 Å². The SMILES string of the molecule is Cc1nc(C)c(Cl)c(NCc2nccc(SCCOCCOCC(F)(F)F)c2C)n1.Cl. The summed E-state index contributed by atoms with van der Waals surface area (Å²) in [6, 6.07) is 1.92. The van der Waals surface area contributed by atoms with E-state index < -0.39 is 12.8 Å². The molecular weight excluding hydrogens is 476 g/mol. The van der Waals surface area contributed by atoms with E-state index in [2.05, 4.69) is 25.0 Å². The lowest BCUT2D eigenvalue weighted by molar-refractivity contribution is -0.176. The number of thioether (sulfide) groups is 1. The molecule has 31 heavy (non-hydrogen) atoms. The lowest BCUT2D eigenvalue weighted by atomic mass is 10.2. The fraction of sp³-hybridized carbons (Fsp3) is 0.526. The average Bonchev–Trinajstić information content (AvgIpc) is 2.66. The summed E-state index contributed by atoms with van der Waals surface area (Å²) in [5.74, 6) is 1.87. The maximum Gasteiger partial charge on any atom is 0.411 e. The molecule has 0 bridgehead atoms. The molecule has 2 rings (SSSR count). The minimum atomic E-state index is -4.31. The van der Waals surface area contributed by atoms with Crippen molar-refractivity contribution in [2.75, 3.05) is 37.5 Å². The molecule has 0 amide bonds. The Morgan fingerprint density at radius 2 is 1.81 bits per heavy atom. The summed E-state index contributed by atoms with van der Waals surface area (Å²) >= 11 is 7.86. The number of anilines is 1. The van der Waals surface area contributed by atoms with Gasteiger partial charge >= 0.3 is 6.18 Å². The Labute approximate surface area is 195 Å². The third-order valence-electron chi connectivity index (χ3n) is 3.93. The largest absolute Gasteiger partial charge is 0.411 e. The lowest BCUT2D eigenvalue weighted by Gasteiger charge is -2.13. The first-order chi connectivity index (χ1) is 14.2. The molecule has 0 unspecified atom stereocenters. The fourth-order valence-electron chi connectivity index (χ4n) is 2.50. The third-order valence-corrected chi connectivity index (χ3v) is 5.51. The van der Waals surface area contributed by atoms with E-state index in [1.54, 1.807) is 24.9 Å². The van der Waals surface area contributed by atoms with Crippen molar-refractivity contribution in [2.45, 2.75) is 38.4 Å². The molecule has 0 spiro atoms. The van der Waals surface area contributed by atoms with Crippen LogP contribution in [0.5, 0.6) is 0 Å². The van der Waals surface area contributed by atoms with Crippen molar-refractivity contribution in [1.29, 1.82) is 0 Å². The molecule has 0 aromatic carbocycles. The summed E-state index contributed by atoms with van der Waals surface area (Å²) in [4.78, 5) is 14.0. The van der Waals surface area contributed by atoms with Gasteiger partial charge in [0.1, 0.15) is 23.3 Å². The van der Waals surface area contributed by atoms with Crippen molar-refractivity contribution < 1.29 is 22.6 Å². The van der Waals surface area contributed by atoms with Gasteiger partial charge in [0.25, 0.3) is 0 Å². The summed E-state index contributed by atoms with van der Waals surface area (Å²) in [6.45, 7) is 5.27. The highest BCUT2D eigenvalue weighted by Gasteiger charge is 2.27. The lowest BCUT2D eigenvalue weighted by Crippen LogP contribution is -2.19. The molecule has 2 heterocycles. The molecule has 0 saturated carbocycles. The minimum absolute atomic E-state index is 0. The van der Waals surface area contributed by atoms with Crippen molar-refractivity contribution in [3.8, 4) is 0 Å². The Kier molecular flexibility index (Phi) is 11.9. The number of aromatic nitrogens is 3. The number of aryl methyl sites for hydroxylation is 2. The first-order valence-electron chi connectivity index (χ1n) is 9.21. The molecule has 0 aliphatic heterocycles. The van der Waals surface area contributed by atoms with E-state index in [1.165, 1.54) is 0 Å². The monoisotopic (exact) mass is 500 g/mol. The number of hydrogen-bond donors (Lipinski definition) is 1. The van der Waals surface area contributed by atoms with E-state index in [4.69, 9.17) is 16.3 Å². The van der Waals surface area contributed by atoms with Crippen LogP contribution in [0.3, 0.4) is 0 Å². The summed E-state index contributed by atoms with van der Waals surface area (Å²) in [7, 11) is 0. The second-order valence-electron chi connectivity index (χ2n) is 6.38. The molecule has 0 aliphatic carbocycles. The Balaban J connectivity index is 0.00000480. The number of nitrogens with one attached hydrogen (secondary N) is 1. The van der Waals surface area contributed by atoms with Crippen LogP contribution in [0.25, 0.3) is 0 Å². The van der Waals surface area contributed by atoms with Crippen molar-refractivity contribution in [3.05, 3.63) is 40.1 Å². The normalized spacial score (nSPS) is 11.3. The summed E-state index contributed by atoms with van der Waals surface area (Å²) < 4.78 is 45.7. The first kappa shape index (κ1) is 27.7. The quantitative estimate of drug-likeness (QED) is 0.337. The van der Waals surface area contributed by atoms with Gasteiger partial charge in [0.15, 0.2) is 0 Å². The van der Waals surface area contributed by atoms with Gasteiger partial charge in [-0.05, 0) is 32.4 Å². The van der Waals surface area contributed by atoms with E-state index in [0.29, 0.717) is 41.3 Å².